The van der Waals surface area contributed by atoms with Crippen molar-refractivity contribution in [1.82, 2.24) is 15.3 Å². The third-order valence-electron chi connectivity index (χ3n) is 5.14. The molecule has 7 nitrogen and oxygen atoms in total. The molecule has 1 saturated carbocycles. The molecule has 0 radical (unpaired) electrons. The zero-order valence-electron chi connectivity index (χ0n) is 18.2. The fourth-order valence-corrected chi connectivity index (χ4v) is 3.80. The van der Waals surface area contributed by atoms with Gasteiger partial charge in [-0.1, -0.05) is 25.0 Å². The van der Waals surface area contributed by atoms with Crippen LogP contribution in [0.4, 0.5) is 16.6 Å². The number of para-hydroxylation sites is 1. The summed E-state index contributed by atoms with van der Waals surface area (Å²) in [5.41, 5.74) is 0.425. The first-order valence-electron chi connectivity index (χ1n) is 10.4. The summed E-state index contributed by atoms with van der Waals surface area (Å²) in [6.45, 7) is 6.36. The van der Waals surface area contributed by atoms with E-state index in [1.54, 1.807) is 0 Å². The number of benzene rings is 1. The normalized spacial score (nSPS) is 19.6. The van der Waals surface area contributed by atoms with Gasteiger partial charge in [-0.15, -0.1) is 0 Å². The van der Waals surface area contributed by atoms with Gasteiger partial charge in [-0.3, -0.25) is 0 Å². The molecule has 2 aromatic rings. The predicted molar refractivity (Wildman–Crippen MR) is 117 cm³/mol. The zero-order chi connectivity index (χ0) is 21.0. The maximum absolute atomic E-state index is 12.2. The van der Waals surface area contributed by atoms with E-state index in [9.17, 15) is 4.79 Å². The highest BCUT2D eigenvalue weighted by molar-refractivity contribution is 5.90. The molecule has 0 bridgehead atoms. The first-order valence-corrected chi connectivity index (χ1v) is 10.4. The van der Waals surface area contributed by atoms with Crippen molar-refractivity contribution in [3.05, 3.63) is 24.3 Å². The van der Waals surface area contributed by atoms with E-state index >= 15 is 0 Å². The molecule has 3 rings (SSSR count). The summed E-state index contributed by atoms with van der Waals surface area (Å²) < 4.78 is 5.44. The second kappa shape index (κ2) is 8.84. The van der Waals surface area contributed by atoms with E-state index in [1.807, 2.05) is 64.0 Å². The largest absolute Gasteiger partial charge is 0.444 e. The van der Waals surface area contributed by atoms with Crippen LogP contribution < -0.4 is 15.5 Å². The Hall–Kier alpha value is -2.57. The van der Waals surface area contributed by atoms with Gasteiger partial charge in [-0.2, -0.15) is 4.98 Å². The molecule has 29 heavy (non-hydrogen) atoms. The van der Waals surface area contributed by atoms with Crippen LogP contribution in [-0.2, 0) is 4.74 Å². The fraction of sp³-hybridized carbons (Fsp3) is 0.591. The Bertz CT molecular complexity index is 847. The van der Waals surface area contributed by atoms with Gasteiger partial charge < -0.3 is 20.3 Å². The van der Waals surface area contributed by atoms with Gasteiger partial charge in [0.2, 0.25) is 5.95 Å². The highest BCUT2D eigenvalue weighted by Crippen LogP contribution is 2.27. The Morgan fingerprint density at radius 1 is 1.17 bits per heavy atom. The van der Waals surface area contributed by atoms with Crippen molar-refractivity contribution < 1.29 is 9.53 Å². The van der Waals surface area contributed by atoms with Gasteiger partial charge in [0.25, 0.3) is 0 Å². The topological polar surface area (TPSA) is 79.4 Å². The number of hydrogen-bond acceptors (Lipinski definition) is 6. The fourth-order valence-electron chi connectivity index (χ4n) is 3.80. The highest BCUT2D eigenvalue weighted by Gasteiger charge is 2.28. The number of hydrogen-bond donors (Lipinski definition) is 2. The average molecular weight is 400 g/mol. The smallest absolute Gasteiger partial charge is 0.407 e. The maximum Gasteiger partial charge on any atom is 0.407 e. The van der Waals surface area contributed by atoms with Gasteiger partial charge in [0.15, 0.2) is 0 Å². The summed E-state index contributed by atoms with van der Waals surface area (Å²) in [4.78, 5) is 23.6. The molecule has 0 saturated heterocycles. The van der Waals surface area contributed by atoms with Crippen LogP contribution >= 0.6 is 0 Å². The van der Waals surface area contributed by atoms with Crippen LogP contribution in [0.5, 0.6) is 0 Å². The van der Waals surface area contributed by atoms with Gasteiger partial charge in [0.05, 0.1) is 5.52 Å². The molecular formula is C22H33N5O2. The third kappa shape index (κ3) is 5.71. The highest BCUT2D eigenvalue weighted by atomic mass is 16.6. The van der Waals surface area contributed by atoms with Gasteiger partial charge in [0, 0.05) is 32.1 Å². The lowest BCUT2D eigenvalue weighted by molar-refractivity contribution is 0.0472. The minimum Gasteiger partial charge on any atom is -0.444 e. The van der Waals surface area contributed by atoms with Crippen LogP contribution in [0.15, 0.2) is 24.3 Å². The molecule has 7 heteroatoms. The molecule has 1 aromatic carbocycles. The van der Waals surface area contributed by atoms with Crippen LogP contribution in [0.2, 0.25) is 0 Å². The minimum absolute atomic E-state index is 0.0971. The molecule has 1 aromatic heterocycles. The first kappa shape index (κ1) is 21.1. The quantitative estimate of drug-likeness (QED) is 0.785. The van der Waals surface area contributed by atoms with Gasteiger partial charge in [0.1, 0.15) is 11.4 Å². The number of aromatic nitrogens is 2. The van der Waals surface area contributed by atoms with Gasteiger partial charge in [-0.05, 0) is 51.7 Å². The van der Waals surface area contributed by atoms with Crippen LogP contribution in [-0.4, -0.2) is 48.3 Å². The number of anilines is 2. The number of nitrogens with zero attached hydrogens (tertiary/aromatic N) is 3. The van der Waals surface area contributed by atoms with Crippen LogP contribution in [0.1, 0.15) is 46.5 Å². The van der Waals surface area contributed by atoms with Crippen molar-refractivity contribution in [3.8, 4) is 0 Å². The molecule has 1 fully saturated rings. The summed E-state index contributed by atoms with van der Waals surface area (Å²) in [7, 11) is 3.97. The monoisotopic (exact) mass is 399 g/mol. The van der Waals surface area contributed by atoms with Crippen LogP contribution in [0.25, 0.3) is 10.9 Å². The Labute approximate surface area is 173 Å². The third-order valence-corrected chi connectivity index (χ3v) is 5.14. The van der Waals surface area contributed by atoms with E-state index in [0.29, 0.717) is 18.4 Å². The standard InChI is InChI=1S/C22H33N5O2/c1-22(2,3)29-21(28)25-17-12-8-6-10-15(17)14-23-20-24-18-13-9-7-11-16(18)19(26-20)27(4)5/h7,9,11,13,15,17H,6,8,10,12,14H2,1-5H3,(H,25,28)(H,23,24,26). The number of amides is 1. The molecular weight excluding hydrogens is 366 g/mol. The molecule has 0 spiro atoms. The number of rotatable bonds is 5. The van der Waals surface area contributed by atoms with Crippen molar-refractivity contribution in [3.63, 3.8) is 0 Å². The van der Waals surface area contributed by atoms with E-state index in [-0.39, 0.29) is 12.1 Å². The molecule has 1 aliphatic rings. The lowest BCUT2D eigenvalue weighted by atomic mass is 9.84. The number of carbonyl (C=O) groups excluding carboxylic acids is 1. The van der Waals surface area contributed by atoms with Gasteiger partial charge >= 0.3 is 6.09 Å². The predicted octanol–water partition coefficient (Wildman–Crippen LogP) is 4.19. The van der Waals surface area contributed by atoms with Crippen molar-refractivity contribution in [2.24, 2.45) is 5.92 Å². The molecule has 1 amide bonds. The first-order chi connectivity index (χ1) is 13.7. The molecule has 2 unspecified atom stereocenters. The molecule has 1 aliphatic carbocycles. The Morgan fingerprint density at radius 3 is 2.62 bits per heavy atom. The van der Waals surface area contributed by atoms with E-state index in [2.05, 4.69) is 15.6 Å². The van der Waals surface area contributed by atoms with E-state index in [1.165, 1.54) is 6.42 Å². The Kier molecular flexibility index (Phi) is 6.45. The lowest BCUT2D eigenvalue weighted by Gasteiger charge is -2.33. The second-order valence-electron chi connectivity index (χ2n) is 8.96. The van der Waals surface area contributed by atoms with Crippen LogP contribution in [0.3, 0.4) is 0 Å². The minimum atomic E-state index is -0.492. The van der Waals surface area contributed by atoms with Crippen molar-refractivity contribution in [2.45, 2.75) is 58.1 Å². The summed E-state index contributed by atoms with van der Waals surface area (Å²) in [5.74, 6) is 1.83. The molecule has 2 atom stereocenters. The summed E-state index contributed by atoms with van der Waals surface area (Å²) in [5, 5.41) is 7.52. The summed E-state index contributed by atoms with van der Waals surface area (Å²) in [6, 6.07) is 8.13. The number of alkyl carbamates (subject to hydrolysis) is 1. The van der Waals surface area contributed by atoms with Crippen molar-refractivity contribution >= 4 is 28.8 Å². The number of fused-ring (bicyclic) bond motifs is 1. The average Bonchev–Trinajstić information content (AvgIpc) is 2.65. The molecule has 2 N–H and O–H groups in total. The Morgan fingerprint density at radius 2 is 1.90 bits per heavy atom. The molecule has 158 valence electrons. The van der Waals surface area contributed by atoms with E-state index in [0.717, 1.165) is 36.0 Å². The Balaban J connectivity index is 1.69. The van der Waals surface area contributed by atoms with Crippen LogP contribution in [0, 0.1) is 5.92 Å². The summed E-state index contributed by atoms with van der Waals surface area (Å²) in [6.07, 6.45) is 3.97. The van der Waals surface area contributed by atoms with Crippen molar-refractivity contribution in [1.29, 1.82) is 0 Å². The summed E-state index contributed by atoms with van der Waals surface area (Å²) >= 11 is 0. The maximum atomic E-state index is 12.2. The van der Waals surface area contributed by atoms with E-state index in [4.69, 9.17) is 9.72 Å². The molecule has 0 aliphatic heterocycles. The SMILES string of the molecule is CN(C)c1nc(NCC2CCCCC2NC(=O)OC(C)(C)C)nc2ccccc12. The van der Waals surface area contributed by atoms with Crippen molar-refractivity contribution in [2.75, 3.05) is 30.9 Å². The molecule has 1 heterocycles. The number of ether oxygens (including phenoxy) is 1. The number of nitrogens with one attached hydrogen (secondary N) is 2. The lowest BCUT2D eigenvalue weighted by Crippen LogP contribution is -2.46. The van der Waals surface area contributed by atoms with Gasteiger partial charge in [-0.25, -0.2) is 9.78 Å². The number of carbonyl (C=O) groups is 1. The zero-order valence-corrected chi connectivity index (χ0v) is 18.2. The van der Waals surface area contributed by atoms with E-state index < -0.39 is 5.60 Å². The second-order valence-corrected chi connectivity index (χ2v) is 8.96.